The summed E-state index contributed by atoms with van der Waals surface area (Å²) in [6.45, 7) is 10.2. The number of benzene rings is 1. The molecule has 2 amide bonds. The molecule has 130 valence electrons. The monoisotopic (exact) mass is 347 g/mol. The number of urea groups is 1. The third-order valence-electron chi connectivity index (χ3n) is 3.70. The Morgan fingerprint density at radius 2 is 2.04 bits per heavy atom. The normalized spacial score (nSPS) is 12.6. The van der Waals surface area contributed by atoms with Gasteiger partial charge in [-0.1, -0.05) is 38.5 Å². The van der Waals surface area contributed by atoms with E-state index < -0.39 is 0 Å². The lowest BCUT2D eigenvalue weighted by atomic mass is 9.92. The highest BCUT2D eigenvalue weighted by molar-refractivity contribution is 7.14. The molecule has 1 heterocycles. The summed E-state index contributed by atoms with van der Waals surface area (Å²) in [5.74, 6) is 0.765. The number of aryl methyl sites for hydroxylation is 1. The van der Waals surface area contributed by atoms with E-state index in [0.29, 0.717) is 0 Å². The Morgan fingerprint density at radius 1 is 1.33 bits per heavy atom. The van der Waals surface area contributed by atoms with Crippen molar-refractivity contribution in [2.45, 2.75) is 46.1 Å². The van der Waals surface area contributed by atoms with Gasteiger partial charge in [0.2, 0.25) is 0 Å². The Labute approximate surface area is 147 Å². The molecule has 0 aliphatic carbocycles. The number of anilines is 1. The molecule has 1 aromatic heterocycles. The number of nitrogens with one attached hydrogen (secondary N) is 2. The van der Waals surface area contributed by atoms with E-state index in [9.17, 15) is 4.79 Å². The lowest BCUT2D eigenvalue weighted by molar-refractivity contribution is 0.249. The zero-order chi connectivity index (χ0) is 17.9. The molecule has 2 rings (SSSR count). The highest BCUT2D eigenvalue weighted by atomic mass is 32.1. The van der Waals surface area contributed by atoms with E-state index in [-0.39, 0.29) is 17.5 Å². The second-order valence-corrected chi connectivity index (χ2v) is 7.70. The first-order valence-corrected chi connectivity index (χ1v) is 8.76. The Balaban J connectivity index is 2.11. The van der Waals surface area contributed by atoms with Crippen LogP contribution in [0.5, 0.6) is 5.75 Å². The van der Waals surface area contributed by atoms with Gasteiger partial charge in [0.05, 0.1) is 24.4 Å². The summed E-state index contributed by atoms with van der Waals surface area (Å²) in [6, 6.07) is 5.51. The van der Waals surface area contributed by atoms with Crippen LogP contribution in [0.2, 0.25) is 0 Å². The van der Waals surface area contributed by atoms with Crippen molar-refractivity contribution < 1.29 is 9.53 Å². The van der Waals surface area contributed by atoms with Crippen LogP contribution in [0.1, 0.15) is 50.6 Å². The van der Waals surface area contributed by atoms with Gasteiger partial charge in [0.25, 0.3) is 0 Å². The van der Waals surface area contributed by atoms with Gasteiger partial charge in [0.15, 0.2) is 0 Å². The molecule has 1 aromatic carbocycles. The van der Waals surface area contributed by atoms with E-state index in [2.05, 4.69) is 36.4 Å². The van der Waals surface area contributed by atoms with Crippen LogP contribution < -0.4 is 15.4 Å². The van der Waals surface area contributed by atoms with Crippen LogP contribution in [0.3, 0.4) is 0 Å². The maximum Gasteiger partial charge on any atom is 0.320 e. The molecule has 1 atom stereocenters. The largest absolute Gasteiger partial charge is 0.496 e. The van der Waals surface area contributed by atoms with Crippen molar-refractivity contribution in [3.05, 3.63) is 40.5 Å². The summed E-state index contributed by atoms with van der Waals surface area (Å²) >= 11 is 1.43. The molecule has 0 radical (unpaired) electrons. The first kappa shape index (κ1) is 18.3. The van der Waals surface area contributed by atoms with Crippen LogP contribution in [0.25, 0.3) is 0 Å². The summed E-state index contributed by atoms with van der Waals surface area (Å²) in [5, 5.41) is 6.66. The second kappa shape index (κ2) is 7.21. The van der Waals surface area contributed by atoms with Crippen LogP contribution in [0, 0.1) is 6.92 Å². The van der Waals surface area contributed by atoms with Gasteiger partial charge in [-0.2, -0.15) is 0 Å². The zero-order valence-electron chi connectivity index (χ0n) is 15.1. The number of ether oxygens (including phenoxy) is 1. The SMILES string of the molecule is COc1ccc(C)cc1[C@@H](C)NC(=O)Nc1scnc1C(C)(C)C. The lowest BCUT2D eigenvalue weighted by Crippen LogP contribution is -2.32. The Hall–Kier alpha value is -2.08. The van der Waals surface area contributed by atoms with Gasteiger partial charge in [-0.05, 0) is 19.9 Å². The lowest BCUT2D eigenvalue weighted by Gasteiger charge is -2.20. The number of carbonyl (C=O) groups excluding carboxylic acids is 1. The minimum absolute atomic E-state index is 0.117. The van der Waals surface area contributed by atoms with Crippen molar-refractivity contribution >= 4 is 22.4 Å². The fraction of sp³-hybridized carbons (Fsp3) is 0.444. The highest BCUT2D eigenvalue weighted by Crippen LogP contribution is 2.31. The van der Waals surface area contributed by atoms with Crippen LogP contribution in [-0.4, -0.2) is 18.1 Å². The molecular weight excluding hydrogens is 322 g/mol. The maximum atomic E-state index is 12.4. The minimum Gasteiger partial charge on any atom is -0.496 e. The van der Waals surface area contributed by atoms with Gasteiger partial charge in [0, 0.05) is 11.0 Å². The smallest absolute Gasteiger partial charge is 0.320 e. The van der Waals surface area contributed by atoms with Crippen molar-refractivity contribution in [3.63, 3.8) is 0 Å². The quantitative estimate of drug-likeness (QED) is 0.847. The highest BCUT2D eigenvalue weighted by Gasteiger charge is 2.23. The van der Waals surface area contributed by atoms with Gasteiger partial charge < -0.3 is 10.1 Å². The Morgan fingerprint density at radius 3 is 2.67 bits per heavy atom. The van der Waals surface area contributed by atoms with E-state index >= 15 is 0 Å². The average molecular weight is 347 g/mol. The number of nitrogens with zero attached hydrogens (tertiary/aromatic N) is 1. The third kappa shape index (κ3) is 4.26. The number of carbonyl (C=O) groups is 1. The topological polar surface area (TPSA) is 63.2 Å². The third-order valence-corrected chi connectivity index (χ3v) is 4.45. The van der Waals surface area contributed by atoms with E-state index in [4.69, 9.17) is 4.74 Å². The van der Waals surface area contributed by atoms with Gasteiger partial charge in [0.1, 0.15) is 10.8 Å². The maximum absolute atomic E-state index is 12.4. The summed E-state index contributed by atoms with van der Waals surface area (Å²) in [7, 11) is 1.63. The number of hydrogen-bond donors (Lipinski definition) is 2. The predicted molar refractivity (Wildman–Crippen MR) is 99.1 cm³/mol. The second-order valence-electron chi connectivity index (χ2n) is 6.85. The van der Waals surface area contributed by atoms with Crippen LogP contribution in [0.4, 0.5) is 9.80 Å². The number of amides is 2. The van der Waals surface area contributed by atoms with E-state index in [1.807, 2.05) is 32.0 Å². The van der Waals surface area contributed by atoms with Gasteiger partial charge in [-0.25, -0.2) is 9.78 Å². The molecule has 24 heavy (non-hydrogen) atoms. The molecule has 0 aliphatic rings. The van der Waals surface area contributed by atoms with Crippen LogP contribution in [0.15, 0.2) is 23.7 Å². The number of hydrogen-bond acceptors (Lipinski definition) is 4. The molecule has 0 saturated carbocycles. The summed E-state index contributed by atoms with van der Waals surface area (Å²) in [5.41, 5.74) is 4.60. The molecule has 0 bridgehead atoms. The molecule has 0 fully saturated rings. The predicted octanol–water partition coefficient (Wildman–Crippen LogP) is 4.64. The fourth-order valence-electron chi connectivity index (χ4n) is 2.47. The summed E-state index contributed by atoms with van der Waals surface area (Å²) in [4.78, 5) is 16.7. The van der Waals surface area contributed by atoms with Gasteiger partial charge in [-0.15, -0.1) is 11.3 Å². The minimum atomic E-state index is -0.249. The van der Waals surface area contributed by atoms with E-state index in [1.54, 1.807) is 12.6 Å². The van der Waals surface area contributed by atoms with Gasteiger partial charge >= 0.3 is 6.03 Å². The number of methoxy groups -OCH3 is 1. The molecular formula is C18H25N3O2S. The average Bonchev–Trinajstić information content (AvgIpc) is 2.95. The number of rotatable bonds is 4. The van der Waals surface area contributed by atoms with Crippen LogP contribution in [-0.2, 0) is 5.41 Å². The first-order valence-electron chi connectivity index (χ1n) is 7.88. The molecule has 0 unspecified atom stereocenters. The van der Waals surface area contributed by atoms with E-state index in [1.165, 1.54) is 11.3 Å². The number of aromatic nitrogens is 1. The molecule has 2 aromatic rings. The Kier molecular flexibility index (Phi) is 5.49. The first-order chi connectivity index (χ1) is 11.2. The molecule has 0 saturated heterocycles. The zero-order valence-corrected chi connectivity index (χ0v) is 15.9. The van der Waals surface area contributed by atoms with E-state index in [0.717, 1.165) is 27.6 Å². The molecule has 2 N–H and O–H groups in total. The molecule has 0 spiro atoms. The Bertz CT molecular complexity index is 719. The van der Waals surface area contributed by atoms with Crippen molar-refractivity contribution in [1.29, 1.82) is 0 Å². The van der Waals surface area contributed by atoms with Crippen molar-refractivity contribution in [2.75, 3.05) is 12.4 Å². The van der Waals surface area contributed by atoms with Crippen LogP contribution >= 0.6 is 11.3 Å². The molecule has 5 nitrogen and oxygen atoms in total. The van der Waals surface area contributed by atoms with Gasteiger partial charge in [-0.3, -0.25) is 5.32 Å². The number of thiazole rings is 1. The summed E-state index contributed by atoms with van der Waals surface area (Å²) < 4.78 is 5.39. The van der Waals surface area contributed by atoms with Crippen molar-refractivity contribution in [2.24, 2.45) is 0 Å². The summed E-state index contributed by atoms with van der Waals surface area (Å²) in [6.07, 6.45) is 0. The fourth-order valence-corrected chi connectivity index (χ4v) is 3.36. The standard InChI is InChI=1S/C18H25N3O2S/c1-11-7-8-14(23-6)13(9-11)12(2)20-17(22)21-16-15(18(3,4)5)19-10-24-16/h7-10,12H,1-6H3,(H2,20,21,22)/t12-/m1/s1. The molecule has 0 aliphatic heterocycles. The van der Waals surface area contributed by atoms with Crippen molar-refractivity contribution in [3.8, 4) is 5.75 Å². The van der Waals surface area contributed by atoms with Crippen molar-refractivity contribution in [1.82, 2.24) is 10.3 Å². The molecule has 6 heteroatoms.